The van der Waals surface area contributed by atoms with E-state index in [1.165, 1.54) is 49.1 Å². The highest BCUT2D eigenvalue weighted by atomic mass is 32.4. The monoisotopic (exact) mass is 348 g/mol. The molecule has 0 saturated carbocycles. The number of fused-ring (bicyclic) bond motifs is 1. The molecule has 122 valence electrons. The number of para-hydroxylation sites is 1. The van der Waals surface area contributed by atoms with Gasteiger partial charge in [0.1, 0.15) is 11.0 Å². The minimum Gasteiger partial charge on any atom is -0.333 e. The van der Waals surface area contributed by atoms with Crippen molar-refractivity contribution in [1.82, 2.24) is 0 Å². The molecule has 3 aliphatic rings. The van der Waals surface area contributed by atoms with Gasteiger partial charge in [0.15, 0.2) is 0 Å². The van der Waals surface area contributed by atoms with E-state index in [0.717, 1.165) is 18.5 Å². The average Bonchev–Trinajstić information content (AvgIpc) is 3.23. The topological polar surface area (TPSA) is 29.3 Å². The van der Waals surface area contributed by atoms with Gasteiger partial charge in [0.25, 0.3) is 0 Å². The van der Waals surface area contributed by atoms with Crippen LogP contribution in [-0.2, 0) is 16.3 Å². The average molecular weight is 348 g/mol. The van der Waals surface area contributed by atoms with Gasteiger partial charge in [0.2, 0.25) is 6.42 Å². The number of anilines is 1. The molecule has 23 heavy (non-hydrogen) atoms. The molecule has 0 unspecified atom stereocenters. The largest absolute Gasteiger partial charge is 0.333 e. The van der Waals surface area contributed by atoms with Crippen molar-refractivity contribution in [2.75, 3.05) is 25.0 Å². The van der Waals surface area contributed by atoms with Crippen LogP contribution in [0.2, 0.25) is 0 Å². The summed E-state index contributed by atoms with van der Waals surface area (Å²) in [6.45, 7) is 2.47. The minimum absolute atomic E-state index is 1.02. The molecule has 0 radical (unpaired) electrons. The number of rotatable bonds is 3. The predicted octanol–water partition coefficient (Wildman–Crippen LogP) is 2.89. The first-order chi connectivity index (χ1) is 11.2. The second-order valence-corrected chi connectivity index (χ2v) is 10.1. The Hall–Kier alpha value is -1.00. The molecule has 1 aromatic carbocycles. The van der Waals surface area contributed by atoms with Gasteiger partial charge in [0.05, 0.1) is 24.5 Å². The number of allylic oxidation sites excluding steroid dienone is 2. The molecule has 2 heterocycles. The summed E-state index contributed by atoms with van der Waals surface area (Å²) < 4.78 is 8.00. The van der Waals surface area contributed by atoms with Crippen molar-refractivity contribution in [1.29, 1.82) is 0 Å². The SMILES string of the molecule is CO[P@]1(=S)C2=C([NH+]3CCCC3)CCCC2=NN1c1ccccc1. The van der Waals surface area contributed by atoms with E-state index in [0.29, 0.717) is 0 Å². The number of hydrogen-bond donors (Lipinski definition) is 1. The van der Waals surface area contributed by atoms with Gasteiger partial charge in [-0.15, -0.1) is 0 Å². The third-order valence-corrected chi connectivity index (χ3v) is 8.88. The van der Waals surface area contributed by atoms with E-state index >= 15 is 0 Å². The molecular formula is C17H23N3OPS+. The maximum atomic E-state index is 6.11. The van der Waals surface area contributed by atoms with Crippen LogP contribution in [0.5, 0.6) is 0 Å². The van der Waals surface area contributed by atoms with Crippen LogP contribution in [0, 0.1) is 0 Å². The van der Waals surface area contributed by atoms with Gasteiger partial charge in [-0.1, -0.05) is 18.2 Å². The lowest BCUT2D eigenvalue weighted by atomic mass is 10.0. The summed E-state index contributed by atoms with van der Waals surface area (Å²) in [5.74, 6) is 0. The first-order valence-corrected chi connectivity index (χ1v) is 11.1. The highest BCUT2D eigenvalue weighted by Gasteiger charge is 2.46. The van der Waals surface area contributed by atoms with Crippen LogP contribution in [0.3, 0.4) is 0 Å². The van der Waals surface area contributed by atoms with Gasteiger partial charge in [-0.25, -0.2) is 4.78 Å². The summed E-state index contributed by atoms with van der Waals surface area (Å²) >= 11 is 6.11. The number of nitrogens with one attached hydrogen (secondary N) is 1. The zero-order valence-electron chi connectivity index (χ0n) is 13.5. The second-order valence-electron chi connectivity index (χ2n) is 6.37. The summed E-state index contributed by atoms with van der Waals surface area (Å²) in [6.07, 6.45) is 3.69. The van der Waals surface area contributed by atoms with Gasteiger partial charge in [-0.2, -0.15) is 5.10 Å². The lowest BCUT2D eigenvalue weighted by Gasteiger charge is -2.29. The molecule has 1 saturated heterocycles. The van der Waals surface area contributed by atoms with Crippen LogP contribution in [0.4, 0.5) is 5.69 Å². The Bertz CT molecular complexity index is 710. The molecule has 1 aliphatic carbocycles. The van der Waals surface area contributed by atoms with Crippen molar-refractivity contribution >= 4 is 29.6 Å². The fraction of sp³-hybridized carbons (Fsp3) is 0.471. The molecule has 0 spiro atoms. The summed E-state index contributed by atoms with van der Waals surface area (Å²) in [5.41, 5.74) is 3.72. The number of benzene rings is 1. The number of nitrogens with zero attached hydrogens (tertiary/aromatic N) is 2. The van der Waals surface area contributed by atoms with Crippen LogP contribution >= 0.6 is 6.42 Å². The Morgan fingerprint density at radius 2 is 1.87 bits per heavy atom. The molecule has 4 rings (SSSR count). The van der Waals surface area contributed by atoms with Gasteiger partial charge >= 0.3 is 0 Å². The maximum absolute atomic E-state index is 6.11. The molecule has 0 aromatic heterocycles. The van der Waals surface area contributed by atoms with Crippen molar-refractivity contribution in [3.8, 4) is 0 Å². The first kappa shape index (κ1) is 15.5. The Morgan fingerprint density at radius 1 is 1.13 bits per heavy atom. The summed E-state index contributed by atoms with van der Waals surface area (Å²) in [7, 11) is 1.76. The van der Waals surface area contributed by atoms with E-state index in [1.54, 1.807) is 12.0 Å². The fourth-order valence-electron chi connectivity index (χ4n) is 3.93. The lowest BCUT2D eigenvalue weighted by Crippen LogP contribution is -3.08. The van der Waals surface area contributed by atoms with E-state index in [-0.39, 0.29) is 0 Å². The van der Waals surface area contributed by atoms with Gasteiger partial charge in [0, 0.05) is 26.4 Å². The Kier molecular flexibility index (Phi) is 4.14. The molecule has 2 aliphatic heterocycles. The van der Waals surface area contributed by atoms with E-state index in [1.807, 2.05) is 23.0 Å². The van der Waals surface area contributed by atoms with E-state index in [2.05, 4.69) is 12.1 Å². The van der Waals surface area contributed by atoms with E-state index in [4.69, 9.17) is 21.4 Å². The molecule has 6 heteroatoms. The standard InChI is InChI=1S/C17H22N3OPS/c1-21-22(23)17-15(18-20(22)14-8-3-2-4-9-14)10-7-11-16(17)19-12-5-6-13-19/h2-4,8-9H,5-7,10-13H2,1H3/p+1/t22-/m0/s1. The van der Waals surface area contributed by atoms with Crippen molar-refractivity contribution in [2.45, 2.75) is 32.1 Å². The fourth-order valence-corrected chi connectivity index (χ4v) is 7.25. The molecular weight excluding hydrogens is 325 g/mol. The number of quaternary nitrogens is 1. The predicted molar refractivity (Wildman–Crippen MR) is 98.5 cm³/mol. The van der Waals surface area contributed by atoms with Crippen molar-refractivity contribution in [3.63, 3.8) is 0 Å². The first-order valence-electron chi connectivity index (χ1n) is 8.42. The third kappa shape index (κ3) is 2.51. The van der Waals surface area contributed by atoms with Crippen LogP contribution in [0.25, 0.3) is 0 Å². The van der Waals surface area contributed by atoms with Crippen molar-refractivity contribution in [2.24, 2.45) is 5.10 Å². The summed E-state index contributed by atoms with van der Waals surface area (Å²) in [4.78, 5) is 1.62. The van der Waals surface area contributed by atoms with Gasteiger partial charge in [-0.05, 0) is 36.8 Å². The number of hydrazone groups is 1. The number of hydrogen-bond acceptors (Lipinski definition) is 3. The molecule has 1 atom stereocenters. The van der Waals surface area contributed by atoms with Crippen LogP contribution in [0.15, 0.2) is 46.4 Å². The summed E-state index contributed by atoms with van der Waals surface area (Å²) in [6, 6.07) is 10.2. The molecule has 1 N–H and O–H groups in total. The Morgan fingerprint density at radius 3 is 2.57 bits per heavy atom. The Labute approximate surface area is 143 Å². The number of likely N-dealkylation sites (tertiary alicyclic amines) is 1. The van der Waals surface area contributed by atoms with Crippen molar-refractivity contribution < 1.29 is 9.42 Å². The minimum atomic E-state index is -2.30. The van der Waals surface area contributed by atoms with E-state index in [9.17, 15) is 0 Å². The maximum Gasteiger partial charge on any atom is 0.213 e. The Balaban J connectivity index is 1.84. The lowest BCUT2D eigenvalue weighted by molar-refractivity contribution is -0.849. The van der Waals surface area contributed by atoms with Crippen LogP contribution in [0.1, 0.15) is 32.1 Å². The zero-order valence-corrected chi connectivity index (χ0v) is 15.2. The third-order valence-electron chi connectivity index (χ3n) is 5.02. The smallest absolute Gasteiger partial charge is 0.213 e. The molecule has 0 bridgehead atoms. The molecule has 1 aromatic rings. The molecule has 4 nitrogen and oxygen atoms in total. The van der Waals surface area contributed by atoms with Crippen LogP contribution in [-0.4, -0.2) is 25.9 Å². The summed E-state index contributed by atoms with van der Waals surface area (Å²) in [5, 5.41) is 6.20. The van der Waals surface area contributed by atoms with Crippen LogP contribution < -0.4 is 9.68 Å². The van der Waals surface area contributed by atoms with E-state index < -0.39 is 6.42 Å². The van der Waals surface area contributed by atoms with Gasteiger partial charge < -0.3 is 9.42 Å². The van der Waals surface area contributed by atoms with Crippen molar-refractivity contribution in [3.05, 3.63) is 41.3 Å². The quantitative estimate of drug-likeness (QED) is 0.852. The van der Waals surface area contributed by atoms with Gasteiger partial charge in [-0.3, -0.25) is 0 Å². The second kappa shape index (κ2) is 6.14. The highest BCUT2D eigenvalue weighted by Crippen LogP contribution is 2.65. The zero-order chi connectivity index (χ0) is 15.9. The molecule has 0 amide bonds. The molecule has 1 fully saturated rings. The highest BCUT2D eigenvalue weighted by molar-refractivity contribution is 8.15. The normalized spacial score (nSPS) is 28.2.